The highest BCUT2D eigenvalue weighted by Gasteiger charge is 2.53. The largest absolute Gasteiger partial charge is 0.453 e. The number of aromatic amines is 2. The van der Waals surface area contributed by atoms with Crippen molar-refractivity contribution >= 4 is 35.0 Å². The van der Waals surface area contributed by atoms with Gasteiger partial charge in [0.2, 0.25) is 5.91 Å². The van der Waals surface area contributed by atoms with Crippen molar-refractivity contribution in [1.82, 2.24) is 40.4 Å². The van der Waals surface area contributed by atoms with Gasteiger partial charge in [-0.2, -0.15) is 8.78 Å². The molecular formula is C52H52F2N8O9. The van der Waals surface area contributed by atoms with E-state index in [1.165, 1.54) is 26.4 Å². The molecule has 17 nitrogen and oxygen atoms in total. The van der Waals surface area contributed by atoms with Crippen LogP contribution >= 0.6 is 0 Å². The van der Waals surface area contributed by atoms with E-state index >= 15 is 8.78 Å². The second kappa shape index (κ2) is 18.5. The third-order valence-corrected chi connectivity index (χ3v) is 14.6. The van der Waals surface area contributed by atoms with Crippen LogP contribution in [-0.4, -0.2) is 119 Å². The van der Waals surface area contributed by atoms with E-state index in [4.69, 9.17) is 28.7 Å². The van der Waals surface area contributed by atoms with Crippen LogP contribution in [0.3, 0.4) is 0 Å². The number of carbonyl (C=O) groups is 4. The number of ether oxygens (including phenoxy) is 5. The number of amides is 4. The highest BCUT2D eigenvalue weighted by molar-refractivity contribution is 5.89. The zero-order valence-electron chi connectivity index (χ0n) is 39.0. The predicted octanol–water partition coefficient (Wildman–Crippen LogP) is 7.67. The average Bonchev–Trinajstić information content (AvgIpc) is 4.28. The van der Waals surface area contributed by atoms with Gasteiger partial charge in [-0.25, -0.2) is 19.6 Å². The first-order chi connectivity index (χ1) is 34.4. The van der Waals surface area contributed by atoms with Gasteiger partial charge in [0.05, 0.1) is 69.0 Å². The van der Waals surface area contributed by atoms with E-state index in [2.05, 4.69) is 25.6 Å². The molecule has 0 saturated carbocycles. The summed E-state index contributed by atoms with van der Waals surface area (Å²) < 4.78 is 61.0. The summed E-state index contributed by atoms with van der Waals surface area (Å²) in [6.45, 7) is 2.26. The molecule has 4 amide bonds. The highest BCUT2D eigenvalue weighted by atomic mass is 19.3. The van der Waals surface area contributed by atoms with Gasteiger partial charge >= 0.3 is 12.2 Å². The van der Waals surface area contributed by atoms with E-state index in [1.54, 1.807) is 58.5 Å². The third kappa shape index (κ3) is 8.44. The number of carbonyl (C=O) groups excluding carboxylic acids is 4. The number of methoxy groups -OCH3 is 2. The van der Waals surface area contributed by atoms with E-state index in [9.17, 15) is 19.2 Å². The Bertz CT molecular complexity index is 3020. The lowest BCUT2D eigenvalue weighted by Gasteiger charge is -2.34. The molecule has 1 aliphatic carbocycles. The molecule has 2 aromatic heterocycles. The van der Waals surface area contributed by atoms with Crippen LogP contribution in [0.15, 0.2) is 91.1 Å². The lowest BCUT2D eigenvalue weighted by Crippen LogP contribution is -2.54. The highest BCUT2D eigenvalue weighted by Crippen LogP contribution is 2.53. The van der Waals surface area contributed by atoms with E-state index in [0.717, 1.165) is 0 Å². The van der Waals surface area contributed by atoms with Crippen molar-refractivity contribution in [3.8, 4) is 33.5 Å². The molecule has 4 saturated heterocycles. The molecule has 4 fully saturated rings. The number of fused-ring (bicyclic) bond motifs is 4. The first-order valence-corrected chi connectivity index (χ1v) is 23.9. The molecule has 1 spiro atoms. The minimum absolute atomic E-state index is 0.117. The lowest BCUT2D eigenvalue weighted by atomic mass is 9.90. The van der Waals surface area contributed by atoms with Crippen molar-refractivity contribution in [3.63, 3.8) is 0 Å². The van der Waals surface area contributed by atoms with Crippen molar-refractivity contribution in [2.75, 3.05) is 53.7 Å². The third-order valence-electron chi connectivity index (χ3n) is 14.6. The summed E-state index contributed by atoms with van der Waals surface area (Å²) in [5, 5.41) is 5.45. The molecular weight excluding hydrogens is 919 g/mol. The second-order valence-corrected chi connectivity index (χ2v) is 18.7. The number of hydrogen-bond acceptors (Lipinski definition) is 11. The number of aromatic nitrogens is 4. The molecule has 11 rings (SSSR count). The zero-order chi connectivity index (χ0) is 49.0. The molecule has 6 heterocycles. The van der Waals surface area contributed by atoms with Crippen LogP contribution in [0, 0.1) is 5.92 Å². The number of alkyl carbamates (subject to hydrolysis) is 2. The maximum atomic E-state index is 16.8. The molecule has 0 bridgehead atoms. The Balaban J connectivity index is 0.836. The Morgan fingerprint density at radius 3 is 2.15 bits per heavy atom. The van der Waals surface area contributed by atoms with Gasteiger partial charge in [-0.15, -0.1) is 0 Å². The molecule has 4 atom stereocenters. The summed E-state index contributed by atoms with van der Waals surface area (Å²) >= 11 is 0. The number of halogens is 2. The average molecular weight is 971 g/mol. The van der Waals surface area contributed by atoms with Crippen molar-refractivity contribution < 1.29 is 51.6 Å². The lowest BCUT2D eigenvalue weighted by molar-refractivity contribution is -0.154. The zero-order valence-corrected chi connectivity index (χ0v) is 39.0. The van der Waals surface area contributed by atoms with Crippen LogP contribution in [0.5, 0.6) is 0 Å². The summed E-state index contributed by atoms with van der Waals surface area (Å²) in [5.74, 6) is -4.15. The normalized spacial score (nSPS) is 21.0. The Labute approximate surface area is 406 Å². The van der Waals surface area contributed by atoms with Gasteiger partial charge in [0.1, 0.15) is 23.7 Å². The maximum Gasteiger partial charge on any atom is 0.407 e. The van der Waals surface area contributed by atoms with Crippen LogP contribution in [0.4, 0.5) is 18.4 Å². The van der Waals surface area contributed by atoms with E-state index in [1.807, 2.05) is 30.3 Å². The quantitative estimate of drug-likeness (QED) is 0.105. The molecule has 0 radical (unpaired) electrons. The first kappa shape index (κ1) is 46.2. The molecule has 6 aromatic rings. The van der Waals surface area contributed by atoms with Crippen molar-refractivity contribution in [2.24, 2.45) is 5.92 Å². The minimum atomic E-state index is -3.33. The number of rotatable bonds is 10. The Morgan fingerprint density at radius 2 is 1.42 bits per heavy atom. The van der Waals surface area contributed by atoms with Crippen molar-refractivity contribution in [3.05, 3.63) is 119 Å². The van der Waals surface area contributed by atoms with Crippen LogP contribution in [0.2, 0.25) is 0 Å². The molecule has 5 aliphatic rings. The maximum absolute atomic E-state index is 16.8. The van der Waals surface area contributed by atoms with Gasteiger partial charge in [0.15, 0.2) is 5.79 Å². The summed E-state index contributed by atoms with van der Waals surface area (Å²) in [6.07, 6.45) is 2.95. The van der Waals surface area contributed by atoms with Gasteiger partial charge in [0, 0.05) is 42.9 Å². The predicted molar refractivity (Wildman–Crippen MR) is 253 cm³/mol. The number of alkyl halides is 2. The molecule has 4 aliphatic heterocycles. The summed E-state index contributed by atoms with van der Waals surface area (Å²) in [7, 11) is 2.50. The fraction of sp³-hybridized carbons (Fsp3) is 0.385. The van der Waals surface area contributed by atoms with Gasteiger partial charge in [-0.3, -0.25) is 9.59 Å². The van der Waals surface area contributed by atoms with E-state index < -0.39 is 48.1 Å². The molecule has 1 unspecified atom stereocenters. The number of H-pyrrole nitrogens is 2. The van der Waals surface area contributed by atoms with Crippen LogP contribution in [0.25, 0.3) is 44.5 Å². The van der Waals surface area contributed by atoms with Gasteiger partial charge < -0.3 is 54.1 Å². The standard InChI is InChI=1S/C52H52F2N8O9/c1-67-49(65)59-43(29-7-4-3-5-8-29)47(63)61-18-6-9-41(61)45-55-27-40(58-45)33-11-14-35-34-13-10-31(23-36(34)52(53,54)37(35)24-33)32-12-15-38-39(25-32)57-46(56-38)42-26-51(70-21-22-71-51)28-62(42)48(64)44(60-50(66)68-2)30-16-19-69-20-17-30/h3-5,7-8,10-15,23-25,27,30,41-44H,6,9,16-22,26,28H2,1-2H3,(H,55,58)(H,56,57)(H,59,65)(H,60,66)/t41?,42-,43+,44-/m0/s1. The Morgan fingerprint density at radius 1 is 0.746 bits per heavy atom. The number of benzene rings is 4. The number of hydrogen-bond donors (Lipinski definition) is 4. The smallest absolute Gasteiger partial charge is 0.407 e. The van der Waals surface area contributed by atoms with E-state index in [0.29, 0.717) is 127 Å². The molecule has 19 heteroatoms. The van der Waals surface area contributed by atoms with Gasteiger partial charge in [-0.1, -0.05) is 60.7 Å². The number of nitrogens with zero attached hydrogens (tertiary/aromatic N) is 4. The minimum Gasteiger partial charge on any atom is -0.453 e. The molecule has 4 N–H and O–H groups in total. The van der Waals surface area contributed by atoms with Crippen molar-refractivity contribution in [2.45, 2.75) is 68.0 Å². The topological polar surface area (TPSA) is 202 Å². The van der Waals surface area contributed by atoms with Crippen LogP contribution in [0.1, 0.15) is 78.6 Å². The fourth-order valence-corrected chi connectivity index (χ4v) is 11.0. The SMILES string of the molecule is COC(=O)N[C@H](C(=O)N1CC2(C[C@H]1c1nc3ccc(-c4ccc5c(c4)C(F)(F)c4cc(-c6cnc(C7CCCN7C(=O)[C@H](NC(=O)OC)c7ccccc7)[nH]6)ccc4-5)cc3[nH]1)OCCO2)C1CCOCC1. The van der Waals surface area contributed by atoms with Crippen LogP contribution in [-0.2, 0) is 39.2 Å². The summed E-state index contributed by atoms with van der Waals surface area (Å²) in [6, 6.07) is 21.6. The fourth-order valence-electron chi connectivity index (χ4n) is 11.0. The van der Waals surface area contributed by atoms with Crippen LogP contribution < -0.4 is 10.6 Å². The Kier molecular flexibility index (Phi) is 12.0. The number of likely N-dealkylation sites (tertiary alicyclic amines) is 2. The number of nitrogens with one attached hydrogen (secondary N) is 4. The molecule has 4 aromatic carbocycles. The monoisotopic (exact) mass is 970 g/mol. The van der Waals surface area contributed by atoms with Gasteiger partial charge in [-0.05, 0) is 83.7 Å². The Hall–Kier alpha value is -7.22. The summed E-state index contributed by atoms with van der Waals surface area (Å²) in [4.78, 5) is 73.1. The summed E-state index contributed by atoms with van der Waals surface area (Å²) in [5.41, 5.74) is 4.78. The van der Waals surface area contributed by atoms with Gasteiger partial charge in [0.25, 0.3) is 11.8 Å². The molecule has 368 valence electrons. The number of imidazole rings is 2. The van der Waals surface area contributed by atoms with Crippen molar-refractivity contribution in [1.29, 1.82) is 0 Å². The van der Waals surface area contributed by atoms with E-state index in [-0.39, 0.29) is 35.4 Å². The second-order valence-electron chi connectivity index (χ2n) is 18.7. The first-order valence-electron chi connectivity index (χ1n) is 23.9. The molecule has 71 heavy (non-hydrogen) atoms.